The molecule has 0 aromatic carbocycles. The van der Waals surface area contributed by atoms with Gasteiger partial charge in [0.05, 0.1) is 5.69 Å². The summed E-state index contributed by atoms with van der Waals surface area (Å²) in [6, 6.07) is 2.77. The van der Waals surface area contributed by atoms with E-state index >= 15 is 0 Å². The first-order chi connectivity index (χ1) is 11.0. The Kier molecular flexibility index (Phi) is 3.83. The molecule has 3 aromatic heterocycles. The van der Waals surface area contributed by atoms with E-state index in [1.165, 1.54) is 41.0 Å². The van der Waals surface area contributed by atoms with Crippen LogP contribution >= 0.6 is 11.3 Å². The van der Waals surface area contributed by atoms with Crippen LogP contribution in [-0.4, -0.2) is 26.1 Å². The summed E-state index contributed by atoms with van der Waals surface area (Å²) in [4.78, 5) is 42.7. The lowest BCUT2D eigenvalue weighted by Crippen LogP contribution is -2.16. The molecular weight excluding hydrogens is 318 g/mol. The summed E-state index contributed by atoms with van der Waals surface area (Å²) >= 11 is 1.35. The van der Waals surface area contributed by atoms with Gasteiger partial charge < -0.3 is 9.72 Å². The Bertz CT molecular complexity index is 967. The second-order valence-corrected chi connectivity index (χ2v) is 5.85. The van der Waals surface area contributed by atoms with Crippen LogP contribution in [0, 0.1) is 6.92 Å². The number of fused-ring (bicyclic) bond motifs is 1. The number of nitrogens with one attached hydrogen (secondary N) is 1. The monoisotopic (exact) mass is 331 g/mol. The highest BCUT2D eigenvalue weighted by atomic mass is 32.1. The lowest BCUT2D eigenvalue weighted by Gasteiger charge is -2.03. The minimum atomic E-state index is -0.609. The molecule has 0 unspecified atom stereocenters. The first-order valence-corrected chi connectivity index (χ1v) is 7.67. The maximum absolute atomic E-state index is 12.0. The number of aryl methyl sites for hydroxylation is 1. The van der Waals surface area contributed by atoms with Crippen LogP contribution in [0.4, 0.5) is 0 Å². The maximum atomic E-state index is 12.0. The number of H-pyrrole nitrogens is 1. The third kappa shape index (κ3) is 2.93. The molecule has 0 fully saturated rings. The average molecular weight is 331 g/mol. The molecular formula is C15H13N3O4S. The van der Waals surface area contributed by atoms with Gasteiger partial charge in [-0.25, -0.2) is 9.78 Å². The van der Waals surface area contributed by atoms with Crippen LogP contribution in [0.15, 0.2) is 28.5 Å². The molecule has 0 aliphatic carbocycles. The summed E-state index contributed by atoms with van der Waals surface area (Å²) in [5.41, 5.74) is 1.57. The van der Waals surface area contributed by atoms with E-state index in [1.807, 2.05) is 12.3 Å². The van der Waals surface area contributed by atoms with Crippen LogP contribution in [0.1, 0.15) is 39.2 Å². The Morgan fingerprint density at radius 3 is 2.87 bits per heavy atom. The van der Waals surface area contributed by atoms with Gasteiger partial charge in [0.25, 0.3) is 5.56 Å². The smallest absolute Gasteiger partial charge is 0.355 e. The Labute approximate surface area is 134 Å². The van der Waals surface area contributed by atoms with E-state index in [0.29, 0.717) is 16.2 Å². The third-order valence-electron chi connectivity index (χ3n) is 3.29. The van der Waals surface area contributed by atoms with Gasteiger partial charge in [0.2, 0.25) is 0 Å². The lowest BCUT2D eigenvalue weighted by atomic mass is 10.2. The lowest BCUT2D eigenvalue weighted by molar-refractivity contribution is 0.0461. The van der Waals surface area contributed by atoms with Gasteiger partial charge in [-0.1, -0.05) is 0 Å². The average Bonchev–Trinajstić information content (AvgIpc) is 3.12. The minimum absolute atomic E-state index is 0.115. The number of esters is 1. The van der Waals surface area contributed by atoms with Gasteiger partial charge in [0, 0.05) is 28.9 Å². The first-order valence-electron chi connectivity index (χ1n) is 6.79. The van der Waals surface area contributed by atoms with Crippen molar-refractivity contribution in [2.24, 2.45) is 0 Å². The van der Waals surface area contributed by atoms with Gasteiger partial charge in [-0.3, -0.25) is 14.0 Å². The van der Waals surface area contributed by atoms with Crippen LogP contribution < -0.4 is 5.56 Å². The van der Waals surface area contributed by atoms with E-state index in [2.05, 4.69) is 9.97 Å². The number of thiazole rings is 1. The van der Waals surface area contributed by atoms with Crippen molar-refractivity contribution in [3.05, 3.63) is 56.7 Å². The van der Waals surface area contributed by atoms with Crippen molar-refractivity contribution in [3.8, 4) is 0 Å². The second-order valence-electron chi connectivity index (χ2n) is 5.02. The summed E-state index contributed by atoms with van der Waals surface area (Å²) in [5, 5.41) is 1.84. The van der Waals surface area contributed by atoms with Crippen molar-refractivity contribution in [1.29, 1.82) is 0 Å². The number of carbonyl (C=O) groups excluding carboxylic acids is 2. The largest absolute Gasteiger partial charge is 0.455 e. The Balaban J connectivity index is 1.76. The summed E-state index contributed by atoms with van der Waals surface area (Å²) in [6.07, 6.45) is 1.45. The molecule has 7 nitrogen and oxygen atoms in total. The highest BCUT2D eigenvalue weighted by Crippen LogP contribution is 2.12. The van der Waals surface area contributed by atoms with Crippen LogP contribution in [0.3, 0.4) is 0 Å². The van der Waals surface area contributed by atoms with E-state index in [9.17, 15) is 14.4 Å². The fourth-order valence-electron chi connectivity index (χ4n) is 2.11. The molecule has 1 N–H and O–H groups in total. The topological polar surface area (TPSA) is 93.5 Å². The van der Waals surface area contributed by atoms with Crippen molar-refractivity contribution in [2.75, 3.05) is 0 Å². The summed E-state index contributed by atoms with van der Waals surface area (Å²) in [7, 11) is 0. The van der Waals surface area contributed by atoms with E-state index in [-0.39, 0.29) is 23.6 Å². The number of Topliss-reactive ketones (excluding diaryl/α,β-unsaturated/α-hetero) is 1. The molecule has 0 aliphatic rings. The zero-order valence-electron chi connectivity index (χ0n) is 12.5. The molecule has 0 saturated carbocycles. The van der Waals surface area contributed by atoms with Crippen molar-refractivity contribution >= 4 is 28.1 Å². The Morgan fingerprint density at radius 1 is 1.39 bits per heavy atom. The fraction of sp³-hybridized carbons (Fsp3) is 0.200. The molecule has 0 radical (unpaired) electrons. The maximum Gasteiger partial charge on any atom is 0.355 e. The van der Waals surface area contributed by atoms with E-state index in [0.717, 1.165) is 5.69 Å². The summed E-state index contributed by atoms with van der Waals surface area (Å²) in [5.74, 6) is -0.754. The molecule has 0 atom stereocenters. The van der Waals surface area contributed by atoms with Crippen molar-refractivity contribution < 1.29 is 14.3 Å². The molecule has 0 aliphatic heterocycles. The number of aromatic amines is 1. The number of ether oxygens (including phenoxy) is 1. The van der Waals surface area contributed by atoms with Gasteiger partial charge in [0.1, 0.15) is 12.3 Å². The number of rotatable bonds is 4. The number of carbonyl (C=O) groups is 2. The molecule has 3 rings (SSSR count). The van der Waals surface area contributed by atoms with Crippen LogP contribution in [0.25, 0.3) is 4.96 Å². The van der Waals surface area contributed by atoms with Crippen molar-refractivity contribution in [1.82, 2.24) is 14.4 Å². The predicted octanol–water partition coefficient (Wildman–Crippen LogP) is 1.95. The van der Waals surface area contributed by atoms with Crippen LogP contribution in [0.5, 0.6) is 0 Å². The predicted molar refractivity (Wildman–Crippen MR) is 84.0 cm³/mol. The summed E-state index contributed by atoms with van der Waals surface area (Å²) < 4.78 is 6.63. The highest BCUT2D eigenvalue weighted by Gasteiger charge is 2.13. The molecule has 118 valence electrons. The Hall–Kier alpha value is -2.74. The standard InChI is InChI=1S/C15H13N3O4S/c1-8-7-23-15-17-11(4-13(20)18(8)15)6-22-14(21)12-3-10(5-16-12)9(2)19/h3-5,7,16H,6H2,1-2H3. The number of ketones is 1. The zero-order valence-corrected chi connectivity index (χ0v) is 13.3. The molecule has 0 saturated heterocycles. The van der Waals surface area contributed by atoms with Gasteiger partial charge in [-0.05, 0) is 19.9 Å². The number of aromatic nitrogens is 3. The van der Waals surface area contributed by atoms with E-state index < -0.39 is 5.97 Å². The minimum Gasteiger partial charge on any atom is -0.455 e. The van der Waals surface area contributed by atoms with Crippen molar-refractivity contribution in [3.63, 3.8) is 0 Å². The van der Waals surface area contributed by atoms with E-state index in [1.54, 1.807) is 0 Å². The quantitative estimate of drug-likeness (QED) is 0.582. The highest BCUT2D eigenvalue weighted by molar-refractivity contribution is 7.15. The molecule has 3 aromatic rings. The Morgan fingerprint density at radius 2 is 2.17 bits per heavy atom. The molecule has 8 heteroatoms. The van der Waals surface area contributed by atoms with Crippen molar-refractivity contribution in [2.45, 2.75) is 20.5 Å². The molecule has 0 amide bonds. The normalized spacial score (nSPS) is 10.9. The van der Waals surface area contributed by atoms with Crippen LogP contribution in [-0.2, 0) is 11.3 Å². The van der Waals surface area contributed by atoms with Gasteiger partial charge in [0.15, 0.2) is 10.7 Å². The fourth-order valence-corrected chi connectivity index (χ4v) is 3.00. The number of hydrogen-bond acceptors (Lipinski definition) is 6. The zero-order chi connectivity index (χ0) is 16.6. The van der Waals surface area contributed by atoms with Gasteiger partial charge in [-0.15, -0.1) is 11.3 Å². The van der Waals surface area contributed by atoms with Crippen LogP contribution in [0.2, 0.25) is 0 Å². The van der Waals surface area contributed by atoms with Gasteiger partial charge in [-0.2, -0.15) is 0 Å². The molecule has 0 spiro atoms. The second kappa shape index (κ2) is 5.81. The summed E-state index contributed by atoms with van der Waals surface area (Å²) in [6.45, 7) is 3.12. The number of nitrogens with zero attached hydrogens (tertiary/aromatic N) is 2. The molecule has 3 heterocycles. The SMILES string of the molecule is CC(=O)c1c[nH]c(C(=O)OCc2cc(=O)n3c(C)csc3n2)c1. The molecule has 0 bridgehead atoms. The molecule has 23 heavy (non-hydrogen) atoms. The first kappa shape index (κ1) is 15.2. The van der Waals surface area contributed by atoms with Gasteiger partial charge >= 0.3 is 5.97 Å². The number of hydrogen-bond donors (Lipinski definition) is 1. The third-order valence-corrected chi connectivity index (χ3v) is 4.23. The van der Waals surface area contributed by atoms with E-state index in [4.69, 9.17) is 4.74 Å².